The van der Waals surface area contributed by atoms with Crippen molar-refractivity contribution < 1.29 is 13.9 Å². The van der Waals surface area contributed by atoms with Crippen LogP contribution in [0.4, 0.5) is 0 Å². The highest BCUT2D eigenvalue weighted by Crippen LogP contribution is 2.12. The number of amides is 1. The van der Waals surface area contributed by atoms with Crippen molar-refractivity contribution in [3.63, 3.8) is 0 Å². The molecule has 106 valence electrons. The lowest BCUT2D eigenvalue weighted by molar-refractivity contribution is -0.122. The Kier molecular flexibility index (Phi) is 5.20. The van der Waals surface area contributed by atoms with Crippen LogP contribution in [0.5, 0.6) is 5.75 Å². The smallest absolute Gasteiger partial charge is 0.257 e. The molecule has 2 aromatic rings. The molecule has 2 rings (SSSR count). The van der Waals surface area contributed by atoms with Gasteiger partial charge in [-0.2, -0.15) is 0 Å². The minimum absolute atomic E-state index is 0.0343. The van der Waals surface area contributed by atoms with Gasteiger partial charge in [0.25, 0.3) is 5.91 Å². The van der Waals surface area contributed by atoms with Gasteiger partial charge in [-0.1, -0.05) is 12.1 Å². The maximum Gasteiger partial charge on any atom is 0.257 e. The Morgan fingerprint density at radius 2 is 2.00 bits per heavy atom. The van der Waals surface area contributed by atoms with Crippen LogP contribution >= 0.6 is 0 Å². The van der Waals surface area contributed by atoms with Gasteiger partial charge in [-0.05, 0) is 29.8 Å². The SMILES string of the molecule is CNC(=O)COc1ccc(CNCc2ccco2)cc1. The maximum absolute atomic E-state index is 11.1. The van der Waals surface area contributed by atoms with Crippen LogP contribution in [-0.2, 0) is 17.9 Å². The van der Waals surface area contributed by atoms with Gasteiger partial charge in [0.1, 0.15) is 11.5 Å². The van der Waals surface area contributed by atoms with E-state index in [9.17, 15) is 4.79 Å². The average Bonchev–Trinajstić information content (AvgIpc) is 2.99. The summed E-state index contributed by atoms with van der Waals surface area (Å²) in [7, 11) is 1.58. The quantitative estimate of drug-likeness (QED) is 0.806. The van der Waals surface area contributed by atoms with E-state index < -0.39 is 0 Å². The summed E-state index contributed by atoms with van der Waals surface area (Å²) in [5.41, 5.74) is 1.14. The molecule has 0 spiro atoms. The minimum Gasteiger partial charge on any atom is -0.484 e. The Hall–Kier alpha value is -2.27. The topological polar surface area (TPSA) is 63.5 Å². The molecule has 0 radical (unpaired) electrons. The summed E-state index contributed by atoms with van der Waals surface area (Å²) in [6.07, 6.45) is 1.66. The zero-order valence-corrected chi connectivity index (χ0v) is 11.4. The lowest BCUT2D eigenvalue weighted by atomic mass is 10.2. The summed E-state index contributed by atoms with van der Waals surface area (Å²) < 4.78 is 10.6. The molecule has 20 heavy (non-hydrogen) atoms. The highest BCUT2D eigenvalue weighted by molar-refractivity contribution is 5.77. The molecule has 0 saturated carbocycles. The van der Waals surface area contributed by atoms with Crippen molar-refractivity contribution in [1.82, 2.24) is 10.6 Å². The Bertz CT molecular complexity index is 521. The molecular formula is C15H18N2O3. The summed E-state index contributed by atoms with van der Waals surface area (Å²) in [6.45, 7) is 1.48. The zero-order chi connectivity index (χ0) is 14.2. The number of rotatable bonds is 7. The fourth-order valence-corrected chi connectivity index (χ4v) is 1.67. The Morgan fingerprint density at radius 1 is 1.20 bits per heavy atom. The first-order valence-electron chi connectivity index (χ1n) is 6.43. The van der Waals surface area contributed by atoms with Crippen molar-refractivity contribution >= 4 is 5.91 Å². The number of carbonyl (C=O) groups excluding carboxylic acids is 1. The van der Waals surface area contributed by atoms with Crippen LogP contribution in [-0.4, -0.2) is 19.6 Å². The molecule has 0 unspecified atom stereocenters. The third-order valence-electron chi connectivity index (χ3n) is 2.78. The molecule has 0 aliphatic carbocycles. The van der Waals surface area contributed by atoms with Gasteiger partial charge in [0.05, 0.1) is 12.8 Å². The van der Waals surface area contributed by atoms with E-state index in [0.717, 1.165) is 17.9 Å². The number of furan rings is 1. The van der Waals surface area contributed by atoms with Crippen LogP contribution in [0.15, 0.2) is 47.1 Å². The first-order valence-corrected chi connectivity index (χ1v) is 6.43. The molecule has 5 heteroatoms. The van der Waals surface area contributed by atoms with Gasteiger partial charge in [0, 0.05) is 13.6 Å². The lowest BCUT2D eigenvalue weighted by Gasteiger charge is -2.07. The van der Waals surface area contributed by atoms with Crippen LogP contribution in [0, 0.1) is 0 Å². The van der Waals surface area contributed by atoms with Crippen molar-refractivity contribution in [2.75, 3.05) is 13.7 Å². The fraction of sp³-hybridized carbons (Fsp3) is 0.267. The summed E-state index contributed by atoms with van der Waals surface area (Å²) in [5.74, 6) is 1.45. The lowest BCUT2D eigenvalue weighted by Crippen LogP contribution is -2.24. The second-order valence-corrected chi connectivity index (χ2v) is 4.29. The molecule has 1 aromatic carbocycles. The van der Waals surface area contributed by atoms with Crippen LogP contribution in [0.1, 0.15) is 11.3 Å². The number of hydrogen-bond acceptors (Lipinski definition) is 4. The maximum atomic E-state index is 11.1. The van der Waals surface area contributed by atoms with Gasteiger partial charge >= 0.3 is 0 Å². The Balaban J connectivity index is 1.75. The number of nitrogens with one attached hydrogen (secondary N) is 2. The molecule has 0 saturated heterocycles. The van der Waals surface area contributed by atoms with Gasteiger partial charge in [-0.15, -0.1) is 0 Å². The van der Waals surface area contributed by atoms with Crippen molar-refractivity contribution in [2.24, 2.45) is 0 Å². The van der Waals surface area contributed by atoms with E-state index in [1.165, 1.54) is 0 Å². The normalized spacial score (nSPS) is 10.2. The predicted octanol–water partition coefficient (Wildman–Crippen LogP) is 1.69. The van der Waals surface area contributed by atoms with Crippen LogP contribution in [0.25, 0.3) is 0 Å². The van der Waals surface area contributed by atoms with Crippen molar-refractivity contribution in [1.29, 1.82) is 0 Å². The van der Waals surface area contributed by atoms with Gasteiger partial charge in [0.2, 0.25) is 0 Å². The summed E-state index contributed by atoms with van der Waals surface area (Å²) in [4.78, 5) is 11.1. The monoisotopic (exact) mass is 274 g/mol. The van der Waals surface area contributed by atoms with Crippen molar-refractivity contribution in [3.05, 3.63) is 54.0 Å². The molecule has 0 bridgehead atoms. The van der Waals surface area contributed by atoms with E-state index in [2.05, 4.69) is 10.6 Å². The standard InChI is InChI=1S/C15H18N2O3/c1-16-15(18)11-20-13-6-4-12(5-7-13)9-17-10-14-3-2-8-19-14/h2-8,17H,9-11H2,1H3,(H,16,18). The molecule has 1 aromatic heterocycles. The first kappa shape index (κ1) is 14.1. The molecule has 0 atom stereocenters. The van der Waals surface area contributed by atoms with E-state index in [4.69, 9.17) is 9.15 Å². The van der Waals surface area contributed by atoms with E-state index in [1.54, 1.807) is 13.3 Å². The predicted molar refractivity (Wildman–Crippen MR) is 75.3 cm³/mol. The van der Waals surface area contributed by atoms with E-state index in [1.807, 2.05) is 36.4 Å². The number of likely N-dealkylation sites (N-methyl/N-ethyl adjacent to an activating group) is 1. The molecule has 0 fully saturated rings. The van der Waals surface area contributed by atoms with Crippen LogP contribution in [0.2, 0.25) is 0 Å². The Labute approximate surface area is 117 Å². The van der Waals surface area contributed by atoms with Gasteiger partial charge < -0.3 is 19.8 Å². The number of hydrogen-bond donors (Lipinski definition) is 2. The minimum atomic E-state index is -0.144. The highest BCUT2D eigenvalue weighted by atomic mass is 16.5. The molecule has 0 aliphatic heterocycles. The first-order chi connectivity index (χ1) is 9.78. The highest BCUT2D eigenvalue weighted by Gasteiger charge is 2.00. The van der Waals surface area contributed by atoms with Gasteiger partial charge in [0.15, 0.2) is 6.61 Å². The summed E-state index contributed by atoms with van der Waals surface area (Å²) in [5, 5.41) is 5.79. The fourth-order valence-electron chi connectivity index (χ4n) is 1.67. The number of benzene rings is 1. The summed E-state index contributed by atoms with van der Waals surface area (Å²) in [6, 6.07) is 11.4. The third kappa shape index (κ3) is 4.44. The molecule has 1 amide bonds. The van der Waals surface area contributed by atoms with Crippen LogP contribution < -0.4 is 15.4 Å². The third-order valence-corrected chi connectivity index (χ3v) is 2.78. The second kappa shape index (κ2) is 7.35. The molecular weight excluding hydrogens is 256 g/mol. The molecule has 1 heterocycles. The number of carbonyl (C=O) groups is 1. The van der Waals surface area contributed by atoms with Crippen LogP contribution in [0.3, 0.4) is 0 Å². The molecule has 0 aliphatic rings. The zero-order valence-electron chi connectivity index (χ0n) is 11.4. The Morgan fingerprint density at radius 3 is 2.65 bits per heavy atom. The summed E-state index contributed by atoms with van der Waals surface area (Å²) >= 11 is 0. The second-order valence-electron chi connectivity index (χ2n) is 4.29. The average molecular weight is 274 g/mol. The van der Waals surface area contributed by atoms with Crippen molar-refractivity contribution in [2.45, 2.75) is 13.1 Å². The largest absolute Gasteiger partial charge is 0.484 e. The van der Waals surface area contributed by atoms with E-state index in [0.29, 0.717) is 12.3 Å². The number of ether oxygens (including phenoxy) is 1. The molecule has 2 N–H and O–H groups in total. The van der Waals surface area contributed by atoms with Gasteiger partial charge in [-0.3, -0.25) is 4.79 Å². The molecule has 5 nitrogen and oxygen atoms in total. The van der Waals surface area contributed by atoms with Crippen molar-refractivity contribution in [3.8, 4) is 5.75 Å². The van der Waals surface area contributed by atoms with E-state index >= 15 is 0 Å². The van der Waals surface area contributed by atoms with E-state index in [-0.39, 0.29) is 12.5 Å². The van der Waals surface area contributed by atoms with Gasteiger partial charge in [-0.25, -0.2) is 0 Å².